The molecule has 118 valence electrons. The molecule has 0 unspecified atom stereocenters. The summed E-state index contributed by atoms with van der Waals surface area (Å²) in [7, 11) is 0. The summed E-state index contributed by atoms with van der Waals surface area (Å²) < 4.78 is 5.70. The summed E-state index contributed by atoms with van der Waals surface area (Å²) in [6, 6.07) is 7.75. The Bertz CT molecular complexity index is 390. The molecule has 0 bridgehead atoms. The van der Waals surface area contributed by atoms with Crippen molar-refractivity contribution in [2.45, 2.75) is 46.0 Å². The Morgan fingerprint density at radius 1 is 1.05 bits per heavy atom. The molecule has 0 radical (unpaired) electrons. The number of carbonyl (C=O) groups is 1. The van der Waals surface area contributed by atoms with Crippen molar-refractivity contribution in [1.82, 2.24) is 5.32 Å². The number of hydrogen-bond acceptors (Lipinski definition) is 3. The Labute approximate surface area is 128 Å². The van der Waals surface area contributed by atoms with Gasteiger partial charge in [0.2, 0.25) is 5.91 Å². The van der Waals surface area contributed by atoms with Crippen molar-refractivity contribution in [2.24, 2.45) is 0 Å². The second kappa shape index (κ2) is 11.0. The Morgan fingerprint density at radius 2 is 1.76 bits per heavy atom. The van der Waals surface area contributed by atoms with Crippen LogP contribution in [0.25, 0.3) is 0 Å². The number of anilines is 1. The summed E-state index contributed by atoms with van der Waals surface area (Å²) in [5, 5.41) is 5.83. The molecule has 0 aliphatic carbocycles. The van der Waals surface area contributed by atoms with Crippen molar-refractivity contribution in [3.63, 3.8) is 0 Å². The third-order valence-electron chi connectivity index (χ3n) is 3.20. The third kappa shape index (κ3) is 8.23. The number of hydrogen-bond donors (Lipinski definition) is 2. The molecule has 0 aromatic heterocycles. The van der Waals surface area contributed by atoms with E-state index < -0.39 is 0 Å². The molecule has 4 nitrogen and oxygen atoms in total. The molecule has 1 rings (SSSR count). The van der Waals surface area contributed by atoms with Gasteiger partial charge >= 0.3 is 0 Å². The molecular weight excluding hydrogens is 264 g/mol. The summed E-state index contributed by atoms with van der Waals surface area (Å²) in [5.41, 5.74) is 0.927. The maximum Gasteiger partial charge on any atom is 0.239 e. The molecule has 0 atom stereocenters. The number of nitrogens with one attached hydrogen (secondary N) is 2. The fraction of sp³-hybridized carbons (Fsp3) is 0.588. The highest BCUT2D eigenvalue weighted by Crippen LogP contribution is 2.16. The third-order valence-corrected chi connectivity index (χ3v) is 3.20. The Kier molecular flexibility index (Phi) is 9.09. The van der Waals surface area contributed by atoms with Crippen LogP contribution in [-0.2, 0) is 4.79 Å². The maximum atomic E-state index is 11.3. The van der Waals surface area contributed by atoms with Gasteiger partial charge in [-0.15, -0.1) is 0 Å². The van der Waals surface area contributed by atoms with Gasteiger partial charge in [0.05, 0.1) is 13.2 Å². The molecule has 0 aliphatic heterocycles. The maximum absolute atomic E-state index is 11.3. The van der Waals surface area contributed by atoms with E-state index in [9.17, 15) is 4.79 Å². The van der Waals surface area contributed by atoms with Crippen molar-refractivity contribution >= 4 is 11.6 Å². The average Bonchev–Trinajstić information content (AvgIpc) is 2.50. The van der Waals surface area contributed by atoms with Gasteiger partial charge in [0, 0.05) is 12.2 Å². The number of unbranched alkanes of at least 4 members (excludes halogenated alkanes) is 4. The first-order valence-corrected chi connectivity index (χ1v) is 7.99. The lowest BCUT2D eigenvalue weighted by Crippen LogP contribution is -2.29. The highest BCUT2D eigenvalue weighted by atomic mass is 16.5. The Balaban J connectivity index is 2.19. The minimum Gasteiger partial charge on any atom is -0.494 e. The highest BCUT2D eigenvalue weighted by molar-refractivity contribution is 5.80. The molecule has 1 amide bonds. The summed E-state index contributed by atoms with van der Waals surface area (Å²) >= 11 is 0. The summed E-state index contributed by atoms with van der Waals surface area (Å²) in [4.78, 5) is 11.3. The van der Waals surface area contributed by atoms with Gasteiger partial charge < -0.3 is 15.4 Å². The lowest BCUT2D eigenvalue weighted by atomic mass is 10.2. The van der Waals surface area contributed by atoms with Gasteiger partial charge in [-0.1, -0.05) is 32.6 Å². The summed E-state index contributed by atoms with van der Waals surface area (Å²) in [6.07, 6.45) is 6.22. The molecule has 0 saturated carbocycles. The molecule has 2 N–H and O–H groups in total. The van der Waals surface area contributed by atoms with Crippen LogP contribution >= 0.6 is 0 Å². The average molecular weight is 292 g/mol. The zero-order valence-corrected chi connectivity index (χ0v) is 13.3. The number of ether oxygens (including phenoxy) is 1. The molecule has 0 saturated heterocycles. The quantitative estimate of drug-likeness (QED) is 0.613. The van der Waals surface area contributed by atoms with Gasteiger partial charge in [0.25, 0.3) is 0 Å². The van der Waals surface area contributed by atoms with Gasteiger partial charge in [-0.2, -0.15) is 0 Å². The summed E-state index contributed by atoms with van der Waals surface area (Å²) in [6.45, 7) is 5.86. The van der Waals surface area contributed by atoms with Crippen LogP contribution < -0.4 is 15.4 Å². The van der Waals surface area contributed by atoms with E-state index in [1.807, 2.05) is 31.2 Å². The van der Waals surface area contributed by atoms with Crippen molar-refractivity contribution in [2.75, 3.05) is 25.0 Å². The molecule has 21 heavy (non-hydrogen) atoms. The first-order chi connectivity index (χ1) is 10.3. The fourth-order valence-electron chi connectivity index (χ4n) is 2.01. The Hall–Kier alpha value is -1.71. The van der Waals surface area contributed by atoms with Crippen molar-refractivity contribution in [1.29, 1.82) is 0 Å². The standard InChI is InChI=1S/C17H28N2O2/c1-3-5-6-7-8-13-21-16-11-9-15(10-12-16)19-14-17(20)18-4-2/h9-12,19H,3-8,13-14H2,1-2H3,(H,18,20). The van der Waals surface area contributed by atoms with Gasteiger partial charge in [-0.3, -0.25) is 4.79 Å². The first-order valence-electron chi connectivity index (χ1n) is 7.99. The SMILES string of the molecule is CCCCCCCOc1ccc(NCC(=O)NCC)cc1. The predicted octanol–water partition coefficient (Wildman–Crippen LogP) is 3.58. The van der Waals surface area contributed by atoms with Crippen LogP contribution in [0.1, 0.15) is 46.0 Å². The van der Waals surface area contributed by atoms with Crippen molar-refractivity contribution < 1.29 is 9.53 Å². The fourth-order valence-corrected chi connectivity index (χ4v) is 2.01. The zero-order chi connectivity index (χ0) is 15.3. The van der Waals surface area contributed by atoms with E-state index in [1.54, 1.807) is 0 Å². The molecule has 1 aromatic rings. The minimum atomic E-state index is 0.00454. The summed E-state index contributed by atoms with van der Waals surface area (Å²) in [5.74, 6) is 0.888. The van der Waals surface area contributed by atoms with Gasteiger partial charge in [0.15, 0.2) is 0 Å². The normalized spacial score (nSPS) is 10.2. The highest BCUT2D eigenvalue weighted by Gasteiger charge is 1.99. The number of likely N-dealkylation sites (N-methyl/N-ethyl adjacent to an activating group) is 1. The van der Waals surface area contributed by atoms with Crippen LogP contribution in [0.2, 0.25) is 0 Å². The molecule has 0 spiro atoms. The second-order valence-electron chi connectivity index (χ2n) is 5.09. The van der Waals surface area contributed by atoms with E-state index in [0.717, 1.165) is 24.5 Å². The van der Waals surface area contributed by atoms with Crippen LogP contribution in [-0.4, -0.2) is 25.6 Å². The second-order valence-corrected chi connectivity index (χ2v) is 5.09. The number of carbonyl (C=O) groups excluding carboxylic acids is 1. The van der Waals surface area contributed by atoms with E-state index in [-0.39, 0.29) is 5.91 Å². The first kappa shape index (κ1) is 17.3. The van der Waals surface area contributed by atoms with Crippen LogP contribution in [0.5, 0.6) is 5.75 Å². The van der Waals surface area contributed by atoms with E-state index in [2.05, 4.69) is 17.6 Å². The van der Waals surface area contributed by atoms with Crippen LogP contribution in [0.3, 0.4) is 0 Å². The van der Waals surface area contributed by atoms with Crippen LogP contribution in [0, 0.1) is 0 Å². The monoisotopic (exact) mass is 292 g/mol. The minimum absolute atomic E-state index is 0.00454. The molecule has 0 fully saturated rings. The topological polar surface area (TPSA) is 50.4 Å². The van der Waals surface area contributed by atoms with Crippen molar-refractivity contribution in [3.8, 4) is 5.75 Å². The largest absolute Gasteiger partial charge is 0.494 e. The predicted molar refractivity (Wildman–Crippen MR) is 87.9 cm³/mol. The van der Waals surface area contributed by atoms with E-state index >= 15 is 0 Å². The molecule has 1 aromatic carbocycles. The number of benzene rings is 1. The van der Waals surface area contributed by atoms with Gasteiger partial charge in [-0.05, 0) is 37.6 Å². The molecule has 0 heterocycles. The molecule has 4 heteroatoms. The van der Waals surface area contributed by atoms with E-state index in [0.29, 0.717) is 13.1 Å². The smallest absolute Gasteiger partial charge is 0.239 e. The lowest BCUT2D eigenvalue weighted by Gasteiger charge is -2.09. The van der Waals surface area contributed by atoms with E-state index in [4.69, 9.17) is 4.74 Å². The van der Waals surface area contributed by atoms with Gasteiger partial charge in [-0.25, -0.2) is 0 Å². The zero-order valence-electron chi connectivity index (χ0n) is 13.3. The molecular formula is C17H28N2O2. The van der Waals surface area contributed by atoms with Crippen LogP contribution in [0.15, 0.2) is 24.3 Å². The number of rotatable bonds is 11. The van der Waals surface area contributed by atoms with Crippen LogP contribution in [0.4, 0.5) is 5.69 Å². The molecule has 0 aliphatic rings. The lowest BCUT2D eigenvalue weighted by molar-refractivity contribution is -0.119. The van der Waals surface area contributed by atoms with E-state index in [1.165, 1.54) is 25.7 Å². The van der Waals surface area contributed by atoms with Gasteiger partial charge in [0.1, 0.15) is 5.75 Å². The van der Waals surface area contributed by atoms with Crippen molar-refractivity contribution in [3.05, 3.63) is 24.3 Å². The Morgan fingerprint density at radius 3 is 2.43 bits per heavy atom. The number of amides is 1.